The van der Waals surface area contributed by atoms with Gasteiger partial charge in [0.2, 0.25) is 5.91 Å². The molecule has 0 spiro atoms. The number of aliphatic hydroxyl groups is 1. The van der Waals surface area contributed by atoms with Gasteiger partial charge in [0.25, 0.3) is 0 Å². The second kappa shape index (κ2) is 5.93. The molecule has 110 valence electrons. The van der Waals surface area contributed by atoms with Crippen molar-refractivity contribution in [3.63, 3.8) is 0 Å². The summed E-state index contributed by atoms with van der Waals surface area (Å²) < 4.78 is 13.9. The Morgan fingerprint density at radius 3 is 3.10 bits per heavy atom. The Hall–Kier alpha value is -1.40. The number of carbonyl (C=O) groups excluding carboxylic acids is 1. The van der Waals surface area contributed by atoms with Crippen molar-refractivity contribution in [1.29, 1.82) is 0 Å². The fraction of sp³-hybridized carbons (Fsp3) is 0.538. The highest BCUT2D eigenvalue weighted by atomic mass is 35.5. The standard InChI is InChI=1S/C13H17ClFN3O2/c1-16-11(19)6-13(20)3-2-4-18(8-13)12-10(15)5-9(14)7-17-12/h5,7,20H,2-4,6,8H2,1H3,(H,16,19). The Morgan fingerprint density at radius 1 is 1.70 bits per heavy atom. The zero-order valence-electron chi connectivity index (χ0n) is 11.2. The molecule has 0 aliphatic carbocycles. The first-order chi connectivity index (χ1) is 9.43. The molecule has 1 aliphatic heterocycles. The van der Waals surface area contributed by atoms with Crippen LogP contribution in [0.5, 0.6) is 0 Å². The van der Waals surface area contributed by atoms with Crippen LogP contribution in [-0.2, 0) is 4.79 Å². The number of carbonyl (C=O) groups is 1. The largest absolute Gasteiger partial charge is 0.388 e. The van der Waals surface area contributed by atoms with Gasteiger partial charge < -0.3 is 15.3 Å². The Kier molecular flexibility index (Phi) is 4.45. The van der Waals surface area contributed by atoms with Gasteiger partial charge in [0, 0.05) is 26.3 Å². The molecular weight excluding hydrogens is 285 g/mol. The molecule has 1 amide bonds. The lowest BCUT2D eigenvalue weighted by atomic mass is 9.89. The third-order valence-corrected chi connectivity index (χ3v) is 3.62. The van der Waals surface area contributed by atoms with E-state index in [9.17, 15) is 14.3 Å². The minimum absolute atomic E-state index is 0.00475. The quantitative estimate of drug-likeness (QED) is 0.884. The molecule has 2 N–H and O–H groups in total. The van der Waals surface area contributed by atoms with Crippen LogP contribution < -0.4 is 10.2 Å². The molecule has 2 heterocycles. The van der Waals surface area contributed by atoms with Gasteiger partial charge in [-0.2, -0.15) is 0 Å². The number of rotatable bonds is 3. The number of nitrogens with one attached hydrogen (secondary N) is 1. The highest BCUT2D eigenvalue weighted by molar-refractivity contribution is 6.30. The van der Waals surface area contributed by atoms with E-state index in [1.165, 1.54) is 19.3 Å². The van der Waals surface area contributed by atoms with E-state index >= 15 is 0 Å². The van der Waals surface area contributed by atoms with Crippen LogP contribution in [0.4, 0.5) is 10.2 Å². The summed E-state index contributed by atoms with van der Waals surface area (Å²) in [5.41, 5.74) is -1.16. The molecule has 0 aromatic carbocycles. The monoisotopic (exact) mass is 301 g/mol. The minimum atomic E-state index is -1.16. The molecule has 5 nitrogen and oxygen atoms in total. The zero-order chi connectivity index (χ0) is 14.8. The van der Waals surface area contributed by atoms with Gasteiger partial charge in [0.05, 0.1) is 17.0 Å². The first-order valence-electron chi connectivity index (χ1n) is 6.42. The molecule has 2 rings (SSSR count). The number of piperidine rings is 1. The van der Waals surface area contributed by atoms with Crippen molar-refractivity contribution >= 4 is 23.3 Å². The molecule has 1 aromatic rings. The molecule has 1 unspecified atom stereocenters. The lowest BCUT2D eigenvalue weighted by Gasteiger charge is -2.39. The average molecular weight is 302 g/mol. The summed E-state index contributed by atoms with van der Waals surface area (Å²) in [6, 6.07) is 1.19. The van der Waals surface area contributed by atoms with Crippen molar-refractivity contribution in [3.05, 3.63) is 23.1 Å². The Morgan fingerprint density at radius 2 is 2.45 bits per heavy atom. The maximum absolute atomic E-state index is 13.9. The fourth-order valence-corrected chi connectivity index (χ4v) is 2.61. The van der Waals surface area contributed by atoms with Crippen molar-refractivity contribution in [2.45, 2.75) is 24.9 Å². The van der Waals surface area contributed by atoms with Gasteiger partial charge in [-0.25, -0.2) is 9.37 Å². The SMILES string of the molecule is CNC(=O)CC1(O)CCCN(c2ncc(Cl)cc2F)C1. The summed E-state index contributed by atoms with van der Waals surface area (Å²) in [7, 11) is 1.52. The van der Waals surface area contributed by atoms with Gasteiger partial charge in [0.15, 0.2) is 11.6 Å². The van der Waals surface area contributed by atoms with Crippen LogP contribution in [0.1, 0.15) is 19.3 Å². The lowest BCUT2D eigenvalue weighted by Crippen LogP contribution is -2.50. The smallest absolute Gasteiger partial charge is 0.222 e. The maximum atomic E-state index is 13.9. The van der Waals surface area contributed by atoms with Crippen LogP contribution in [-0.4, -0.2) is 41.7 Å². The minimum Gasteiger partial charge on any atom is -0.388 e. The molecule has 7 heteroatoms. The van der Waals surface area contributed by atoms with Crippen molar-refractivity contribution < 1.29 is 14.3 Å². The zero-order valence-corrected chi connectivity index (χ0v) is 12.0. The predicted molar refractivity (Wildman–Crippen MR) is 74.3 cm³/mol. The number of anilines is 1. The molecule has 1 atom stereocenters. The predicted octanol–water partition coefficient (Wildman–Crippen LogP) is 1.34. The van der Waals surface area contributed by atoms with E-state index in [0.717, 1.165) is 0 Å². The van der Waals surface area contributed by atoms with Crippen LogP contribution in [0.2, 0.25) is 5.02 Å². The molecule has 1 fully saturated rings. The van der Waals surface area contributed by atoms with Crippen molar-refractivity contribution in [2.75, 3.05) is 25.0 Å². The Balaban J connectivity index is 2.15. The van der Waals surface area contributed by atoms with Crippen molar-refractivity contribution in [2.24, 2.45) is 0 Å². The molecule has 0 bridgehead atoms. The number of aromatic nitrogens is 1. The topological polar surface area (TPSA) is 65.5 Å². The maximum Gasteiger partial charge on any atom is 0.222 e. The summed E-state index contributed by atoms with van der Waals surface area (Å²) in [5, 5.41) is 13.2. The van der Waals surface area contributed by atoms with Gasteiger partial charge in [-0.1, -0.05) is 11.6 Å². The van der Waals surface area contributed by atoms with Crippen molar-refractivity contribution in [3.8, 4) is 0 Å². The van der Waals surface area contributed by atoms with Crippen LogP contribution >= 0.6 is 11.6 Å². The van der Waals surface area contributed by atoms with E-state index in [4.69, 9.17) is 11.6 Å². The normalized spacial score (nSPS) is 22.7. The molecular formula is C13H17ClFN3O2. The number of halogens is 2. The van der Waals surface area contributed by atoms with Crippen LogP contribution in [0.3, 0.4) is 0 Å². The third-order valence-electron chi connectivity index (χ3n) is 3.41. The van der Waals surface area contributed by atoms with E-state index in [1.807, 2.05) is 0 Å². The number of amides is 1. The second-order valence-corrected chi connectivity index (χ2v) is 5.49. The number of pyridine rings is 1. The molecule has 20 heavy (non-hydrogen) atoms. The van der Waals surface area contributed by atoms with Crippen LogP contribution in [0.15, 0.2) is 12.3 Å². The number of β-amino-alcohol motifs (C(OH)–C–C–N with tert-alkyl or cyclic N) is 1. The summed E-state index contributed by atoms with van der Waals surface area (Å²) >= 11 is 5.68. The first-order valence-corrected chi connectivity index (χ1v) is 6.80. The van der Waals surface area contributed by atoms with Gasteiger partial charge in [-0.05, 0) is 18.9 Å². The van der Waals surface area contributed by atoms with Gasteiger partial charge in [0.1, 0.15) is 0 Å². The average Bonchev–Trinajstić information content (AvgIpc) is 2.38. The van der Waals surface area contributed by atoms with Crippen molar-refractivity contribution in [1.82, 2.24) is 10.3 Å². The van der Waals surface area contributed by atoms with Gasteiger partial charge in [-0.3, -0.25) is 4.79 Å². The summed E-state index contributed by atoms with van der Waals surface area (Å²) in [4.78, 5) is 17.1. The highest BCUT2D eigenvalue weighted by Gasteiger charge is 2.36. The number of hydrogen-bond donors (Lipinski definition) is 2. The summed E-state index contributed by atoms with van der Waals surface area (Å²) in [6.45, 7) is 0.758. The fourth-order valence-electron chi connectivity index (χ4n) is 2.46. The Labute approximate surface area is 121 Å². The van der Waals surface area contributed by atoms with E-state index in [0.29, 0.717) is 19.4 Å². The van der Waals surface area contributed by atoms with Crippen LogP contribution in [0.25, 0.3) is 0 Å². The molecule has 1 saturated heterocycles. The lowest BCUT2D eigenvalue weighted by molar-refractivity contribution is -0.125. The van der Waals surface area contributed by atoms with Gasteiger partial charge in [-0.15, -0.1) is 0 Å². The summed E-state index contributed by atoms with van der Waals surface area (Å²) in [5.74, 6) is -0.606. The Bertz CT molecular complexity index is 514. The highest BCUT2D eigenvalue weighted by Crippen LogP contribution is 2.29. The van der Waals surface area contributed by atoms with E-state index in [2.05, 4.69) is 10.3 Å². The first kappa shape index (κ1) is 15.0. The number of nitrogens with zero attached hydrogens (tertiary/aromatic N) is 2. The number of hydrogen-bond acceptors (Lipinski definition) is 4. The molecule has 1 aliphatic rings. The third kappa shape index (κ3) is 3.37. The van der Waals surface area contributed by atoms with E-state index in [-0.39, 0.29) is 29.7 Å². The summed E-state index contributed by atoms with van der Waals surface area (Å²) in [6.07, 6.45) is 2.53. The van der Waals surface area contributed by atoms with Gasteiger partial charge >= 0.3 is 0 Å². The van der Waals surface area contributed by atoms with Crippen LogP contribution in [0, 0.1) is 5.82 Å². The molecule has 0 saturated carbocycles. The van der Waals surface area contributed by atoms with E-state index < -0.39 is 11.4 Å². The van der Waals surface area contributed by atoms with E-state index in [1.54, 1.807) is 4.90 Å². The second-order valence-electron chi connectivity index (χ2n) is 5.06. The molecule has 0 radical (unpaired) electrons. The molecule has 1 aromatic heterocycles.